The van der Waals surface area contributed by atoms with Crippen LogP contribution < -0.4 is 10.1 Å². The number of rotatable bonds is 3. The average Bonchev–Trinajstić information content (AvgIpc) is 3.05. The largest absolute Gasteiger partial charge is 0.417 e. The van der Waals surface area contributed by atoms with Gasteiger partial charge in [0.05, 0.1) is 16.1 Å². The predicted molar refractivity (Wildman–Crippen MR) is 108 cm³/mol. The monoisotopic (exact) mass is 397 g/mol. The summed E-state index contributed by atoms with van der Waals surface area (Å²) in [7, 11) is 0. The van der Waals surface area contributed by atoms with Crippen molar-refractivity contribution < 1.29 is 9.53 Å². The molecule has 0 aliphatic carbocycles. The first-order valence-corrected chi connectivity index (χ1v) is 8.83. The molecule has 4 rings (SSSR count). The minimum atomic E-state index is -0.609. The molecule has 0 spiro atoms. The van der Waals surface area contributed by atoms with Gasteiger partial charge in [0.2, 0.25) is 0 Å². The number of imidazole rings is 1. The molecule has 3 aromatic carbocycles. The highest BCUT2D eigenvalue weighted by molar-refractivity contribution is 6.33. The van der Waals surface area contributed by atoms with Crippen LogP contribution in [0.4, 0.5) is 10.5 Å². The highest BCUT2D eigenvalue weighted by atomic mass is 35.5. The summed E-state index contributed by atoms with van der Waals surface area (Å²) in [5.41, 5.74) is 2.83. The molecule has 27 heavy (non-hydrogen) atoms. The van der Waals surface area contributed by atoms with Crippen molar-refractivity contribution in [2.45, 2.75) is 0 Å². The van der Waals surface area contributed by atoms with Crippen LogP contribution in [0.25, 0.3) is 22.4 Å². The number of H-pyrrole nitrogens is 1. The quantitative estimate of drug-likeness (QED) is 0.435. The molecule has 0 aliphatic rings. The molecule has 2 N–H and O–H groups in total. The minimum Gasteiger partial charge on any atom is -0.410 e. The van der Waals surface area contributed by atoms with Gasteiger partial charge in [-0.3, -0.25) is 5.32 Å². The van der Waals surface area contributed by atoms with Gasteiger partial charge in [-0.1, -0.05) is 41.4 Å². The number of carbonyl (C=O) groups is 1. The molecule has 4 aromatic rings. The molecule has 0 unspecified atom stereocenters. The number of aromatic amines is 1. The number of benzene rings is 3. The Balaban J connectivity index is 1.55. The number of ether oxygens (including phenoxy) is 1. The highest BCUT2D eigenvalue weighted by Gasteiger charge is 2.11. The first-order valence-electron chi connectivity index (χ1n) is 8.07. The Hall–Kier alpha value is -3.02. The van der Waals surface area contributed by atoms with Crippen LogP contribution >= 0.6 is 23.2 Å². The van der Waals surface area contributed by atoms with Crippen molar-refractivity contribution in [2.75, 3.05) is 5.32 Å². The standard InChI is InChI=1S/C20H13Cl2N3O2/c21-12-4-3-5-13(10-12)23-20(26)27-14-8-9-17-18(11-14)25-19(24-17)15-6-1-2-7-16(15)22/h1-11H,(H,23,26)(H,24,25). The lowest BCUT2D eigenvalue weighted by atomic mass is 10.2. The number of nitrogens with one attached hydrogen (secondary N) is 2. The number of anilines is 1. The van der Waals surface area contributed by atoms with Crippen molar-refractivity contribution in [3.05, 3.63) is 76.8 Å². The van der Waals surface area contributed by atoms with Gasteiger partial charge >= 0.3 is 6.09 Å². The molecular weight excluding hydrogens is 385 g/mol. The van der Waals surface area contributed by atoms with Gasteiger partial charge in [-0.25, -0.2) is 9.78 Å². The fraction of sp³-hybridized carbons (Fsp3) is 0. The number of aromatic nitrogens is 2. The van der Waals surface area contributed by atoms with E-state index in [1.165, 1.54) is 0 Å². The second-order valence-electron chi connectivity index (χ2n) is 5.77. The fourth-order valence-corrected chi connectivity index (χ4v) is 3.07. The summed E-state index contributed by atoms with van der Waals surface area (Å²) < 4.78 is 5.34. The van der Waals surface area contributed by atoms with Crippen LogP contribution in [0.3, 0.4) is 0 Å². The molecule has 0 atom stereocenters. The molecule has 1 heterocycles. The maximum Gasteiger partial charge on any atom is 0.417 e. The maximum atomic E-state index is 12.1. The van der Waals surface area contributed by atoms with E-state index < -0.39 is 6.09 Å². The molecular formula is C20H13Cl2N3O2. The van der Waals surface area contributed by atoms with Crippen molar-refractivity contribution >= 4 is 46.0 Å². The number of hydrogen-bond acceptors (Lipinski definition) is 3. The summed E-state index contributed by atoms with van der Waals surface area (Å²) in [6, 6.07) is 19.4. The van der Waals surface area contributed by atoms with Crippen LogP contribution in [0.15, 0.2) is 66.7 Å². The number of nitrogens with zero attached hydrogens (tertiary/aromatic N) is 1. The third kappa shape index (κ3) is 3.89. The van der Waals surface area contributed by atoms with E-state index in [-0.39, 0.29) is 0 Å². The summed E-state index contributed by atoms with van der Waals surface area (Å²) in [5.74, 6) is 1.03. The van der Waals surface area contributed by atoms with Crippen LogP contribution in [-0.2, 0) is 0 Å². The molecule has 0 saturated carbocycles. The lowest BCUT2D eigenvalue weighted by Gasteiger charge is -2.06. The fourth-order valence-electron chi connectivity index (χ4n) is 2.65. The molecule has 0 saturated heterocycles. The molecule has 0 bridgehead atoms. The summed E-state index contributed by atoms with van der Waals surface area (Å²) in [4.78, 5) is 19.8. The van der Waals surface area contributed by atoms with E-state index in [0.717, 1.165) is 16.6 Å². The first kappa shape index (κ1) is 17.4. The lowest BCUT2D eigenvalue weighted by Crippen LogP contribution is -2.16. The summed E-state index contributed by atoms with van der Waals surface area (Å²) in [6.45, 7) is 0. The average molecular weight is 398 g/mol. The van der Waals surface area contributed by atoms with Gasteiger partial charge in [-0.2, -0.15) is 0 Å². The Bertz CT molecular complexity index is 1140. The van der Waals surface area contributed by atoms with E-state index in [2.05, 4.69) is 15.3 Å². The van der Waals surface area contributed by atoms with Gasteiger partial charge in [0.25, 0.3) is 0 Å². The summed E-state index contributed by atoms with van der Waals surface area (Å²) in [5, 5.41) is 3.76. The van der Waals surface area contributed by atoms with Crippen LogP contribution in [0, 0.1) is 0 Å². The zero-order chi connectivity index (χ0) is 18.8. The van der Waals surface area contributed by atoms with Crippen molar-refractivity contribution in [1.82, 2.24) is 9.97 Å². The van der Waals surface area contributed by atoms with E-state index in [0.29, 0.717) is 27.3 Å². The molecule has 1 amide bonds. The summed E-state index contributed by atoms with van der Waals surface area (Å²) in [6.07, 6.45) is -0.609. The van der Waals surface area contributed by atoms with Crippen molar-refractivity contribution in [1.29, 1.82) is 0 Å². The van der Waals surface area contributed by atoms with Crippen LogP contribution in [0.2, 0.25) is 10.0 Å². The van der Waals surface area contributed by atoms with Gasteiger partial charge in [0, 0.05) is 22.3 Å². The smallest absolute Gasteiger partial charge is 0.410 e. The normalized spacial score (nSPS) is 10.7. The van der Waals surface area contributed by atoms with Gasteiger partial charge < -0.3 is 9.72 Å². The Labute approximate surface area is 164 Å². The maximum absolute atomic E-state index is 12.1. The zero-order valence-electron chi connectivity index (χ0n) is 13.9. The number of halogens is 2. The Morgan fingerprint density at radius 1 is 1.00 bits per heavy atom. The molecule has 134 valence electrons. The summed E-state index contributed by atoms with van der Waals surface area (Å²) >= 11 is 12.1. The second kappa shape index (κ2) is 7.31. The highest BCUT2D eigenvalue weighted by Crippen LogP contribution is 2.28. The number of fused-ring (bicyclic) bond motifs is 1. The first-order chi connectivity index (χ1) is 13.1. The van der Waals surface area contributed by atoms with Gasteiger partial charge in [-0.05, 0) is 42.5 Å². The molecule has 0 radical (unpaired) electrons. The van der Waals surface area contributed by atoms with Gasteiger partial charge in [-0.15, -0.1) is 0 Å². The van der Waals surface area contributed by atoms with E-state index >= 15 is 0 Å². The van der Waals surface area contributed by atoms with Crippen LogP contribution in [0.5, 0.6) is 5.75 Å². The third-order valence-electron chi connectivity index (χ3n) is 3.86. The molecule has 1 aromatic heterocycles. The minimum absolute atomic E-state index is 0.386. The van der Waals surface area contributed by atoms with Gasteiger partial charge in [0.15, 0.2) is 0 Å². The van der Waals surface area contributed by atoms with Crippen molar-refractivity contribution in [3.63, 3.8) is 0 Å². The predicted octanol–water partition coefficient (Wildman–Crippen LogP) is 6.15. The van der Waals surface area contributed by atoms with Crippen LogP contribution in [-0.4, -0.2) is 16.1 Å². The van der Waals surface area contributed by atoms with E-state index in [4.69, 9.17) is 27.9 Å². The Kier molecular flexibility index (Phi) is 4.71. The molecule has 7 heteroatoms. The van der Waals surface area contributed by atoms with Gasteiger partial charge in [0.1, 0.15) is 11.6 Å². The number of carbonyl (C=O) groups excluding carboxylic acids is 1. The second-order valence-corrected chi connectivity index (χ2v) is 6.61. The van der Waals surface area contributed by atoms with Crippen molar-refractivity contribution in [3.8, 4) is 17.1 Å². The molecule has 0 aliphatic heterocycles. The van der Waals surface area contributed by atoms with Crippen LogP contribution in [0.1, 0.15) is 0 Å². The zero-order valence-corrected chi connectivity index (χ0v) is 15.4. The topological polar surface area (TPSA) is 67.0 Å². The number of amides is 1. The number of hydrogen-bond donors (Lipinski definition) is 2. The van der Waals surface area contributed by atoms with E-state index in [1.54, 1.807) is 48.5 Å². The van der Waals surface area contributed by atoms with E-state index in [9.17, 15) is 4.79 Å². The van der Waals surface area contributed by atoms with E-state index in [1.807, 2.05) is 18.2 Å². The SMILES string of the molecule is O=C(Nc1cccc(Cl)c1)Oc1ccc2nc(-c3ccccc3Cl)[nH]c2c1. The molecule has 5 nitrogen and oxygen atoms in total. The van der Waals surface area contributed by atoms with Crippen molar-refractivity contribution in [2.24, 2.45) is 0 Å². The Morgan fingerprint density at radius 3 is 2.67 bits per heavy atom. The third-order valence-corrected chi connectivity index (χ3v) is 4.43. The Morgan fingerprint density at radius 2 is 1.85 bits per heavy atom. The lowest BCUT2D eigenvalue weighted by molar-refractivity contribution is 0.215. The molecule has 0 fully saturated rings.